The molecule has 4 N–H and O–H groups in total. The van der Waals surface area contributed by atoms with Crippen LogP contribution in [0.25, 0.3) is 0 Å². The minimum Gasteiger partial charge on any atom is -0.396 e. The van der Waals surface area contributed by atoms with Crippen molar-refractivity contribution in [3.63, 3.8) is 0 Å². The van der Waals surface area contributed by atoms with Gasteiger partial charge in [-0.15, -0.1) is 0 Å². The molecule has 1 amide bonds. The Morgan fingerprint density at radius 3 is 2.71 bits per heavy atom. The van der Waals surface area contributed by atoms with Gasteiger partial charge in [-0.25, -0.2) is 0 Å². The SMILES string of the molecule is CCC(O)(CC)CNC(=O)Cn1cc(N)cn1. The van der Waals surface area contributed by atoms with E-state index in [4.69, 9.17) is 5.73 Å². The Balaban J connectivity index is 2.40. The first-order chi connectivity index (χ1) is 7.99. The van der Waals surface area contributed by atoms with Gasteiger partial charge in [-0.2, -0.15) is 5.10 Å². The molecule has 1 aromatic heterocycles. The molecule has 0 aliphatic carbocycles. The summed E-state index contributed by atoms with van der Waals surface area (Å²) in [6, 6.07) is 0. The Bertz CT molecular complexity index is 371. The first-order valence-corrected chi connectivity index (χ1v) is 5.76. The molecule has 96 valence electrons. The number of nitrogens with one attached hydrogen (secondary N) is 1. The molecule has 1 aromatic rings. The van der Waals surface area contributed by atoms with Gasteiger partial charge in [0.05, 0.1) is 17.5 Å². The molecule has 1 heterocycles. The lowest BCUT2D eigenvalue weighted by Crippen LogP contribution is -2.43. The third-order valence-corrected chi connectivity index (χ3v) is 2.89. The summed E-state index contributed by atoms with van der Waals surface area (Å²) >= 11 is 0. The molecule has 17 heavy (non-hydrogen) atoms. The highest BCUT2D eigenvalue weighted by atomic mass is 16.3. The van der Waals surface area contributed by atoms with E-state index < -0.39 is 5.60 Å². The van der Waals surface area contributed by atoms with Gasteiger partial charge in [0, 0.05) is 12.7 Å². The van der Waals surface area contributed by atoms with Crippen LogP contribution in [0.2, 0.25) is 0 Å². The highest BCUT2D eigenvalue weighted by Crippen LogP contribution is 2.12. The van der Waals surface area contributed by atoms with Crippen LogP contribution in [0.5, 0.6) is 0 Å². The van der Waals surface area contributed by atoms with Crippen LogP contribution in [0.1, 0.15) is 26.7 Å². The van der Waals surface area contributed by atoms with E-state index in [1.807, 2.05) is 13.8 Å². The van der Waals surface area contributed by atoms with Crippen molar-refractivity contribution in [1.29, 1.82) is 0 Å². The van der Waals surface area contributed by atoms with E-state index in [-0.39, 0.29) is 19.0 Å². The summed E-state index contributed by atoms with van der Waals surface area (Å²) in [4.78, 5) is 11.6. The number of aliphatic hydroxyl groups is 1. The first kappa shape index (κ1) is 13.5. The van der Waals surface area contributed by atoms with Gasteiger partial charge in [0.2, 0.25) is 5.91 Å². The van der Waals surface area contributed by atoms with Crippen LogP contribution < -0.4 is 11.1 Å². The van der Waals surface area contributed by atoms with Gasteiger partial charge in [-0.3, -0.25) is 9.48 Å². The summed E-state index contributed by atoms with van der Waals surface area (Å²) in [5.41, 5.74) is 5.19. The standard InChI is InChI=1S/C11H20N4O2/c1-3-11(17,4-2)8-13-10(16)7-15-6-9(12)5-14-15/h5-6,17H,3-4,7-8,12H2,1-2H3,(H,13,16). The lowest BCUT2D eigenvalue weighted by molar-refractivity contribution is -0.123. The topological polar surface area (TPSA) is 93.2 Å². The van der Waals surface area contributed by atoms with Crippen LogP contribution in [0.15, 0.2) is 12.4 Å². The number of hydrogen-bond acceptors (Lipinski definition) is 4. The lowest BCUT2D eigenvalue weighted by Gasteiger charge is -2.25. The average Bonchev–Trinajstić information content (AvgIpc) is 2.72. The average molecular weight is 240 g/mol. The Kier molecular flexibility index (Phi) is 4.51. The van der Waals surface area contributed by atoms with Gasteiger partial charge in [0.1, 0.15) is 6.54 Å². The Morgan fingerprint density at radius 2 is 2.24 bits per heavy atom. The van der Waals surface area contributed by atoms with Crippen molar-refractivity contribution in [1.82, 2.24) is 15.1 Å². The van der Waals surface area contributed by atoms with E-state index in [0.29, 0.717) is 18.5 Å². The van der Waals surface area contributed by atoms with E-state index in [0.717, 1.165) is 0 Å². The fraction of sp³-hybridized carbons (Fsp3) is 0.636. The molecule has 0 saturated carbocycles. The molecular weight excluding hydrogens is 220 g/mol. The normalized spacial score (nSPS) is 11.5. The Hall–Kier alpha value is -1.56. The van der Waals surface area contributed by atoms with Gasteiger partial charge in [0.25, 0.3) is 0 Å². The molecule has 0 unspecified atom stereocenters. The van der Waals surface area contributed by atoms with Gasteiger partial charge >= 0.3 is 0 Å². The highest BCUT2D eigenvalue weighted by molar-refractivity contribution is 5.75. The van der Waals surface area contributed by atoms with Gasteiger partial charge in [0.15, 0.2) is 0 Å². The number of nitrogens with zero attached hydrogens (tertiary/aromatic N) is 2. The summed E-state index contributed by atoms with van der Waals surface area (Å²) in [5.74, 6) is -0.187. The summed E-state index contributed by atoms with van der Waals surface area (Å²) < 4.78 is 1.46. The number of nitrogens with two attached hydrogens (primary N) is 1. The zero-order chi connectivity index (χ0) is 12.9. The molecule has 1 rings (SSSR count). The number of rotatable bonds is 6. The number of anilines is 1. The Morgan fingerprint density at radius 1 is 1.59 bits per heavy atom. The summed E-state index contributed by atoms with van der Waals surface area (Å²) in [7, 11) is 0. The number of hydrogen-bond donors (Lipinski definition) is 3. The van der Waals surface area contributed by atoms with E-state index >= 15 is 0 Å². The lowest BCUT2D eigenvalue weighted by atomic mass is 9.98. The number of carbonyl (C=O) groups excluding carboxylic acids is 1. The molecule has 0 aliphatic rings. The molecular formula is C11H20N4O2. The predicted molar refractivity (Wildman–Crippen MR) is 65.2 cm³/mol. The Labute approximate surface area is 101 Å². The van der Waals surface area contributed by atoms with Crippen LogP contribution in [0.3, 0.4) is 0 Å². The molecule has 0 aromatic carbocycles. The molecule has 0 spiro atoms. The van der Waals surface area contributed by atoms with Crippen LogP contribution in [-0.2, 0) is 11.3 Å². The molecule has 0 atom stereocenters. The monoisotopic (exact) mass is 240 g/mol. The highest BCUT2D eigenvalue weighted by Gasteiger charge is 2.22. The number of carbonyl (C=O) groups is 1. The quantitative estimate of drug-likeness (QED) is 0.659. The predicted octanol–water partition coefficient (Wildman–Crippen LogP) is 0.133. The second-order valence-corrected chi connectivity index (χ2v) is 4.18. The minimum atomic E-state index is -0.821. The molecule has 0 fully saturated rings. The van der Waals surface area contributed by atoms with E-state index in [2.05, 4.69) is 10.4 Å². The van der Waals surface area contributed by atoms with E-state index in [9.17, 15) is 9.90 Å². The zero-order valence-electron chi connectivity index (χ0n) is 10.3. The molecule has 0 saturated heterocycles. The van der Waals surface area contributed by atoms with Crippen molar-refractivity contribution in [3.05, 3.63) is 12.4 Å². The molecule has 0 bridgehead atoms. The zero-order valence-corrected chi connectivity index (χ0v) is 10.3. The molecule has 6 heteroatoms. The van der Waals surface area contributed by atoms with Crippen LogP contribution in [0.4, 0.5) is 5.69 Å². The van der Waals surface area contributed by atoms with Gasteiger partial charge < -0.3 is 16.2 Å². The largest absolute Gasteiger partial charge is 0.396 e. The second kappa shape index (κ2) is 5.67. The van der Waals surface area contributed by atoms with Crippen LogP contribution >= 0.6 is 0 Å². The van der Waals surface area contributed by atoms with Crippen LogP contribution in [-0.4, -0.2) is 32.9 Å². The van der Waals surface area contributed by atoms with E-state index in [1.165, 1.54) is 10.9 Å². The second-order valence-electron chi connectivity index (χ2n) is 4.18. The van der Waals surface area contributed by atoms with Crippen molar-refractivity contribution in [2.45, 2.75) is 38.8 Å². The number of amides is 1. The maximum atomic E-state index is 11.6. The van der Waals surface area contributed by atoms with Crippen molar-refractivity contribution < 1.29 is 9.90 Å². The van der Waals surface area contributed by atoms with Crippen molar-refractivity contribution in [2.24, 2.45) is 0 Å². The van der Waals surface area contributed by atoms with Gasteiger partial charge in [-0.1, -0.05) is 13.8 Å². The minimum absolute atomic E-state index is 0.112. The van der Waals surface area contributed by atoms with Crippen molar-refractivity contribution in [2.75, 3.05) is 12.3 Å². The molecule has 0 aliphatic heterocycles. The summed E-state index contributed by atoms with van der Waals surface area (Å²) in [6.45, 7) is 4.16. The fourth-order valence-electron chi connectivity index (χ4n) is 1.43. The van der Waals surface area contributed by atoms with Crippen LogP contribution in [0, 0.1) is 0 Å². The summed E-state index contributed by atoms with van der Waals surface area (Å²) in [6.07, 6.45) is 4.30. The number of aromatic nitrogens is 2. The first-order valence-electron chi connectivity index (χ1n) is 5.76. The van der Waals surface area contributed by atoms with E-state index in [1.54, 1.807) is 6.20 Å². The maximum Gasteiger partial charge on any atom is 0.241 e. The smallest absolute Gasteiger partial charge is 0.241 e. The molecule has 6 nitrogen and oxygen atoms in total. The third-order valence-electron chi connectivity index (χ3n) is 2.89. The molecule has 0 radical (unpaired) electrons. The van der Waals surface area contributed by atoms with Crippen molar-refractivity contribution in [3.8, 4) is 0 Å². The van der Waals surface area contributed by atoms with Gasteiger partial charge in [-0.05, 0) is 12.8 Å². The third kappa shape index (κ3) is 4.07. The van der Waals surface area contributed by atoms with Crippen molar-refractivity contribution >= 4 is 11.6 Å². The maximum absolute atomic E-state index is 11.6. The summed E-state index contributed by atoms with van der Waals surface area (Å²) in [5, 5.41) is 16.6. The fourth-order valence-corrected chi connectivity index (χ4v) is 1.43. The number of nitrogen functional groups attached to an aromatic ring is 1.